The summed E-state index contributed by atoms with van der Waals surface area (Å²) in [6.45, 7) is 0.150. The van der Waals surface area contributed by atoms with Gasteiger partial charge in [-0.15, -0.1) is 0 Å². The molecular weight excluding hydrogens is 510 g/mol. The van der Waals surface area contributed by atoms with Crippen molar-refractivity contribution in [1.82, 2.24) is 29.2 Å². The third-order valence-corrected chi connectivity index (χ3v) is 7.70. The van der Waals surface area contributed by atoms with Gasteiger partial charge in [0, 0.05) is 48.1 Å². The lowest BCUT2D eigenvalue weighted by Gasteiger charge is -2.12. The zero-order valence-corrected chi connectivity index (χ0v) is 21.5. The Morgan fingerprint density at radius 2 is 1.62 bits per heavy atom. The van der Waals surface area contributed by atoms with E-state index < -0.39 is 10.0 Å². The Hall–Kier alpha value is -4.93. The summed E-state index contributed by atoms with van der Waals surface area (Å²) in [5.74, 6) is 0.956. The lowest BCUT2D eigenvalue weighted by Crippen LogP contribution is -2.23. The summed E-state index contributed by atoms with van der Waals surface area (Å²) >= 11 is 0. The van der Waals surface area contributed by atoms with Crippen LogP contribution in [-0.2, 0) is 16.6 Å². The Balaban J connectivity index is 1.38. The Kier molecular flexibility index (Phi) is 6.31. The summed E-state index contributed by atoms with van der Waals surface area (Å²) in [7, 11) is -3.62. The maximum absolute atomic E-state index is 12.6. The number of benzene rings is 2. The number of nitrogen functional groups attached to an aromatic ring is 1. The van der Waals surface area contributed by atoms with E-state index in [1.807, 2.05) is 59.2 Å². The van der Waals surface area contributed by atoms with Gasteiger partial charge >= 0.3 is 0 Å². The smallest absolute Gasteiger partial charge is 0.240 e. The summed E-state index contributed by atoms with van der Waals surface area (Å²) < 4.78 is 29.8. The normalized spacial score (nSPS) is 11.6. The molecule has 0 aliphatic rings. The van der Waals surface area contributed by atoms with Gasteiger partial charge in [0.05, 0.1) is 10.5 Å². The van der Waals surface area contributed by atoms with Crippen molar-refractivity contribution in [3.8, 4) is 28.2 Å². The number of nitrogens with zero attached hydrogens (tertiary/aromatic N) is 5. The van der Waals surface area contributed by atoms with Gasteiger partial charge in [0.15, 0.2) is 11.5 Å². The van der Waals surface area contributed by atoms with E-state index in [0.717, 1.165) is 22.4 Å². The number of aromatic nitrogens is 5. The molecule has 9 nitrogen and oxygen atoms in total. The summed E-state index contributed by atoms with van der Waals surface area (Å²) in [5.41, 5.74) is 11.7. The molecule has 0 saturated carbocycles. The molecule has 4 aromatic heterocycles. The largest absolute Gasteiger partial charge is 0.383 e. The molecule has 39 heavy (non-hydrogen) atoms. The van der Waals surface area contributed by atoms with Crippen LogP contribution in [0.2, 0.25) is 0 Å². The molecule has 2 aromatic carbocycles. The number of anilines is 1. The summed E-state index contributed by atoms with van der Waals surface area (Å²) in [6, 6.07) is 25.3. The zero-order chi connectivity index (χ0) is 26.8. The van der Waals surface area contributed by atoms with Crippen LogP contribution in [-0.4, -0.2) is 32.9 Å². The third-order valence-electron chi connectivity index (χ3n) is 6.29. The molecule has 0 atom stereocenters. The highest BCUT2D eigenvalue weighted by Gasteiger charge is 2.19. The molecule has 192 valence electrons. The maximum atomic E-state index is 12.6. The molecule has 0 spiro atoms. The predicted molar refractivity (Wildman–Crippen MR) is 150 cm³/mol. The van der Waals surface area contributed by atoms with Crippen LogP contribution in [0.5, 0.6) is 0 Å². The fourth-order valence-electron chi connectivity index (χ4n) is 4.31. The topological polar surface area (TPSA) is 129 Å². The first-order valence-electron chi connectivity index (χ1n) is 12.1. The molecule has 6 aromatic rings. The highest BCUT2D eigenvalue weighted by Crippen LogP contribution is 2.32. The van der Waals surface area contributed by atoms with Crippen molar-refractivity contribution in [2.75, 3.05) is 5.73 Å². The van der Waals surface area contributed by atoms with Crippen molar-refractivity contribution >= 4 is 27.0 Å². The van der Waals surface area contributed by atoms with Gasteiger partial charge < -0.3 is 5.73 Å². The van der Waals surface area contributed by atoms with Crippen molar-refractivity contribution in [3.05, 3.63) is 115 Å². The van der Waals surface area contributed by atoms with Gasteiger partial charge in [-0.05, 0) is 54.1 Å². The van der Waals surface area contributed by atoms with Crippen molar-refractivity contribution in [2.45, 2.75) is 11.4 Å². The summed E-state index contributed by atoms with van der Waals surface area (Å²) in [4.78, 5) is 18.3. The zero-order valence-electron chi connectivity index (χ0n) is 20.6. The number of nitrogens with one attached hydrogen (secondary N) is 1. The second kappa shape index (κ2) is 10.1. The van der Waals surface area contributed by atoms with Gasteiger partial charge in [0.25, 0.3) is 0 Å². The van der Waals surface area contributed by atoms with Crippen LogP contribution in [0.4, 0.5) is 5.82 Å². The van der Waals surface area contributed by atoms with E-state index in [1.165, 1.54) is 0 Å². The molecule has 4 heterocycles. The van der Waals surface area contributed by atoms with Crippen molar-refractivity contribution in [2.24, 2.45) is 0 Å². The average molecular weight is 534 g/mol. The lowest BCUT2D eigenvalue weighted by atomic mass is 10.1. The number of rotatable bonds is 7. The molecule has 0 bridgehead atoms. The molecule has 0 unspecified atom stereocenters. The second-order valence-electron chi connectivity index (χ2n) is 8.82. The number of fused-ring (bicyclic) bond motifs is 1. The van der Waals surface area contributed by atoms with Crippen molar-refractivity contribution in [1.29, 1.82) is 0 Å². The molecular formula is C29H23N7O2S. The Morgan fingerprint density at radius 3 is 2.36 bits per heavy atom. The van der Waals surface area contributed by atoms with Crippen LogP contribution in [0.25, 0.3) is 39.4 Å². The third kappa shape index (κ3) is 4.86. The second-order valence-corrected chi connectivity index (χ2v) is 10.6. The minimum absolute atomic E-state index is 0.150. The first kappa shape index (κ1) is 24.4. The first-order valence-corrected chi connectivity index (χ1v) is 13.6. The molecule has 0 radical (unpaired) electrons. The molecule has 3 N–H and O–H groups in total. The van der Waals surface area contributed by atoms with Crippen LogP contribution >= 0.6 is 0 Å². The quantitative estimate of drug-likeness (QED) is 0.307. The highest BCUT2D eigenvalue weighted by atomic mass is 32.2. The Labute approximate surface area is 225 Å². The number of sulfonamides is 1. The first-order chi connectivity index (χ1) is 19.0. The minimum Gasteiger partial charge on any atom is -0.383 e. The number of pyridine rings is 3. The Morgan fingerprint density at radius 1 is 0.821 bits per heavy atom. The molecule has 0 saturated heterocycles. The SMILES string of the molecule is Nc1ncccc1-c1nc2cc(-c3cccnc3)cnc2n1-c1ccc(CNS(=O)(=O)c2ccccc2)cc1. The highest BCUT2D eigenvalue weighted by molar-refractivity contribution is 7.89. The van der Waals surface area contributed by atoms with E-state index in [9.17, 15) is 8.42 Å². The van der Waals surface area contributed by atoms with Crippen LogP contribution in [0.3, 0.4) is 0 Å². The molecule has 0 aliphatic carbocycles. The number of hydrogen-bond donors (Lipinski definition) is 2. The van der Waals surface area contributed by atoms with Gasteiger partial charge in [-0.1, -0.05) is 36.4 Å². The Bertz CT molecular complexity index is 1870. The van der Waals surface area contributed by atoms with E-state index >= 15 is 0 Å². The van der Waals surface area contributed by atoms with Crippen LogP contribution in [0.1, 0.15) is 5.56 Å². The van der Waals surface area contributed by atoms with E-state index in [0.29, 0.717) is 28.4 Å². The van der Waals surface area contributed by atoms with Gasteiger partial charge in [-0.3, -0.25) is 9.55 Å². The minimum atomic E-state index is -3.62. The summed E-state index contributed by atoms with van der Waals surface area (Å²) in [5, 5.41) is 0. The fourth-order valence-corrected chi connectivity index (χ4v) is 5.35. The van der Waals surface area contributed by atoms with Gasteiger partial charge in [-0.25, -0.2) is 28.1 Å². The molecule has 0 fully saturated rings. The molecule has 0 aliphatic heterocycles. The van der Waals surface area contributed by atoms with Crippen molar-refractivity contribution in [3.63, 3.8) is 0 Å². The van der Waals surface area contributed by atoms with E-state index in [4.69, 9.17) is 15.7 Å². The van der Waals surface area contributed by atoms with E-state index in [-0.39, 0.29) is 11.4 Å². The van der Waals surface area contributed by atoms with Gasteiger partial charge in [-0.2, -0.15) is 0 Å². The number of nitrogens with two attached hydrogens (primary N) is 1. The standard InChI is InChI=1S/C29H23N7O2S/c30-27-25(9-5-15-32-27)28-35-26-16-22(21-6-4-14-31-18-21)19-33-29(26)36(28)23-12-10-20(11-13-23)17-34-39(37,38)24-7-2-1-3-8-24/h1-16,18-19,34H,17H2,(H2,30,32). The molecule has 10 heteroatoms. The van der Waals surface area contributed by atoms with Crippen LogP contribution < -0.4 is 10.5 Å². The number of hydrogen-bond acceptors (Lipinski definition) is 7. The maximum Gasteiger partial charge on any atom is 0.240 e. The molecule has 6 rings (SSSR count). The monoisotopic (exact) mass is 533 g/mol. The van der Waals surface area contributed by atoms with Gasteiger partial charge in [0.2, 0.25) is 10.0 Å². The summed E-state index contributed by atoms with van der Waals surface area (Å²) in [6.07, 6.45) is 6.94. The predicted octanol–water partition coefficient (Wildman–Crippen LogP) is 4.61. The van der Waals surface area contributed by atoms with Crippen molar-refractivity contribution < 1.29 is 8.42 Å². The van der Waals surface area contributed by atoms with E-state index in [1.54, 1.807) is 55.1 Å². The lowest BCUT2D eigenvalue weighted by molar-refractivity contribution is 0.581. The van der Waals surface area contributed by atoms with Crippen LogP contribution in [0, 0.1) is 0 Å². The van der Waals surface area contributed by atoms with Crippen LogP contribution in [0.15, 0.2) is 115 Å². The fraction of sp³-hybridized carbons (Fsp3) is 0.0345. The average Bonchev–Trinajstić information content (AvgIpc) is 3.36. The van der Waals surface area contributed by atoms with E-state index in [2.05, 4.69) is 14.7 Å². The number of imidazole rings is 1. The molecule has 0 amide bonds. The van der Waals surface area contributed by atoms with Gasteiger partial charge in [0.1, 0.15) is 11.3 Å².